The number of hydrogen-bond acceptors (Lipinski definition) is 4. The number of ketones is 1. The zero-order valence-corrected chi connectivity index (χ0v) is 17.6. The minimum absolute atomic E-state index is 0.00611. The highest BCUT2D eigenvalue weighted by Crippen LogP contribution is 2.67. The van der Waals surface area contributed by atoms with E-state index in [4.69, 9.17) is 4.74 Å². The van der Waals surface area contributed by atoms with Crippen molar-refractivity contribution in [3.63, 3.8) is 0 Å². The first kappa shape index (κ1) is 20.6. The van der Waals surface area contributed by atoms with Crippen LogP contribution < -0.4 is 0 Å². The predicted molar refractivity (Wildman–Crippen MR) is 105 cm³/mol. The fourth-order valence-corrected chi connectivity index (χ4v) is 6.74. The first-order valence-corrected chi connectivity index (χ1v) is 10.6. The van der Waals surface area contributed by atoms with Gasteiger partial charge in [-0.1, -0.05) is 40.7 Å². The Balaban J connectivity index is 2.21. The van der Waals surface area contributed by atoms with Crippen molar-refractivity contribution < 1.29 is 19.4 Å². The van der Waals surface area contributed by atoms with E-state index in [0.717, 1.165) is 19.3 Å². The molecule has 0 radical (unpaired) electrons. The smallest absolute Gasteiger partial charge is 0.305 e. The van der Waals surface area contributed by atoms with Crippen LogP contribution in [-0.4, -0.2) is 29.1 Å². The van der Waals surface area contributed by atoms with E-state index < -0.39 is 23.0 Å². The lowest BCUT2D eigenvalue weighted by Gasteiger charge is -2.61. The molecular formula is C23H36O4. The molecular weight excluding hydrogens is 340 g/mol. The van der Waals surface area contributed by atoms with Crippen LogP contribution in [0.5, 0.6) is 0 Å². The summed E-state index contributed by atoms with van der Waals surface area (Å²) in [5, 5.41) is 11.4. The molecule has 3 saturated carbocycles. The Labute approximate surface area is 163 Å². The van der Waals surface area contributed by atoms with E-state index >= 15 is 0 Å². The summed E-state index contributed by atoms with van der Waals surface area (Å²) in [7, 11) is 0. The van der Waals surface area contributed by atoms with Gasteiger partial charge in [0.2, 0.25) is 0 Å². The van der Waals surface area contributed by atoms with Crippen LogP contribution >= 0.6 is 0 Å². The number of Topliss-reactive ketones (excluding diaryl/α,β-unsaturated/α-hetero) is 1. The summed E-state index contributed by atoms with van der Waals surface area (Å²) in [5.74, 6) is 0.199. The maximum atomic E-state index is 13.2. The number of rotatable bonds is 3. The zero-order chi connectivity index (χ0) is 20.2. The summed E-state index contributed by atoms with van der Waals surface area (Å²) in [5.41, 5.74) is -1.17. The topological polar surface area (TPSA) is 63.6 Å². The highest BCUT2D eigenvalue weighted by atomic mass is 16.5. The summed E-state index contributed by atoms with van der Waals surface area (Å²) < 4.78 is 6.02. The standard InChI is InChI=1S/C23H36O4/c1-7-18(25)27-17-13-21(5,8-2)20(26)15(4)23-11-9-14(3)22(17,6)19(23)16(24)10-12-23/h8,14-15,17,19-20,26H,2,7,9-13H2,1,3-6H3/t14?,15-,17+,19?,20?,21+,22?,23?/m0/s1. The second kappa shape index (κ2) is 6.72. The number of aliphatic hydroxyl groups excluding tert-OH is 1. The third-order valence-electron chi connectivity index (χ3n) is 8.86. The molecule has 0 aromatic carbocycles. The second-order valence-electron chi connectivity index (χ2n) is 9.92. The average molecular weight is 377 g/mol. The van der Waals surface area contributed by atoms with Gasteiger partial charge in [-0.15, -0.1) is 6.58 Å². The van der Waals surface area contributed by atoms with Crippen LogP contribution in [0.25, 0.3) is 0 Å². The molecule has 2 bridgehead atoms. The Bertz CT molecular complexity index is 642. The van der Waals surface area contributed by atoms with E-state index in [0.29, 0.717) is 25.0 Å². The Morgan fingerprint density at radius 3 is 2.59 bits per heavy atom. The molecule has 4 heteroatoms. The van der Waals surface area contributed by atoms with E-state index in [1.165, 1.54) is 0 Å². The summed E-state index contributed by atoms with van der Waals surface area (Å²) in [6, 6.07) is 0. The Morgan fingerprint density at radius 1 is 1.33 bits per heavy atom. The summed E-state index contributed by atoms with van der Waals surface area (Å²) >= 11 is 0. The molecule has 0 aromatic heterocycles. The van der Waals surface area contributed by atoms with Gasteiger partial charge in [-0.3, -0.25) is 9.59 Å². The van der Waals surface area contributed by atoms with E-state index in [2.05, 4.69) is 27.4 Å². The Kier molecular flexibility index (Phi) is 5.12. The van der Waals surface area contributed by atoms with Crippen molar-refractivity contribution >= 4 is 11.8 Å². The fraction of sp³-hybridized carbons (Fsp3) is 0.826. The Morgan fingerprint density at radius 2 is 2.00 bits per heavy atom. The van der Waals surface area contributed by atoms with Crippen LogP contribution in [0.2, 0.25) is 0 Å². The maximum Gasteiger partial charge on any atom is 0.305 e. The van der Waals surface area contributed by atoms with Gasteiger partial charge in [-0.05, 0) is 42.9 Å². The molecule has 1 N–H and O–H groups in total. The molecule has 0 amide bonds. The number of carbonyl (C=O) groups excluding carboxylic acids is 2. The monoisotopic (exact) mass is 376 g/mol. The van der Waals surface area contributed by atoms with Crippen molar-refractivity contribution in [1.82, 2.24) is 0 Å². The number of aliphatic hydroxyl groups is 1. The first-order valence-electron chi connectivity index (χ1n) is 10.6. The van der Waals surface area contributed by atoms with Gasteiger partial charge in [0.25, 0.3) is 0 Å². The number of ether oxygens (including phenoxy) is 1. The van der Waals surface area contributed by atoms with Crippen LogP contribution in [0.15, 0.2) is 12.7 Å². The molecule has 0 spiro atoms. The minimum Gasteiger partial charge on any atom is -0.462 e. The van der Waals surface area contributed by atoms with Crippen molar-refractivity contribution in [3.8, 4) is 0 Å². The lowest BCUT2D eigenvalue weighted by atomic mass is 9.44. The Hall–Kier alpha value is -1.16. The van der Waals surface area contributed by atoms with Crippen LogP contribution in [0.4, 0.5) is 0 Å². The molecule has 0 heterocycles. The van der Waals surface area contributed by atoms with Gasteiger partial charge >= 0.3 is 5.97 Å². The molecule has 5 unspecified atom stereocenters. The average Bonchev–Trinajstić information content (AvgIpc) is 3.00. The largest absolute Gasteiger partial charge is 0.462 e. The molecule has 152 valence electrons. The molecule has 3 rings (SSSR count). The highest BCUT2D eigenvalue weighted by Gasteiger charge is 2.68. The van der Waals surface area contributed by atoms with Gasteiger partial charge in [0.05, 0.1) is 6.10 Å². The van der Waals surface area contributed by atoms with Crippen LogP contribution in [0, 0.1) is 34.0 Å². The molecule has 27 heavy (non-hydrogen) atoms. The van der Waals surface area contributed by atoms with Crippen LogP contribution in [0.1, 0.15) is 73.1 Å². The predicted octanol–water partition coefficient (Wildman–Crippen LogP) is 4.30. The van der Waals surface area contributed by atoms with Crippen LogP contribution in [0.3, 0.4) is 0 Å². The minimum atomic E-state index is -0.607. The van der Waals surface area contributed by atoms with Crippen molar-refractivity contribution in [2.75, 3.05) is 0 Å². The van der Waals surface area contributed by atoms with E-state index in [1.807, 2.05) is 13.0 Å². The van der Waals surface area contributed by atoms with Gasteiger partial charge in [0, 0.05) is 29.6 Å². The third-order valence-corrected chi connectivity index (χ3v) is 8.86. The van der Waals surface area contributed by atoms with Crippen molar-refractivity contribution in [1.29, 1.82) is 0 Å². The molecule has 3 aliphatic rings. The van der Waals surface area contributed by atoms with Crippen LogP contribution in [-0.2, 0) is 14.3 Å². The molecule has 8 atom stereocenters. The summed E-state index contributed by atoms with van der Waals surface area (Å²) in [4.78, 5) is 25.5. The van der Waals surface area contributed by atoms with Gasteiger partial charge in [0.15, 0.2) is 0 Å². The normalized spacial score (nSPS) is 49.7. The third kappa shape index (κ3) is 2.73. The fourth-order valence-electron chi connectivity index (χ4n) is 6.74. The first-order chi connectivity index (χ1) is 12.6. The summed E-state index contributed by atoms with van der Waals surface area (Å²) in [6.45, 7) is 14.3. The second-order valence-corrected chi connectivity index (χ2v) is 9.92. The number of hydrogen-bond donors (Lipinski definition) is 1. The van der Waals surface area contributed by atoms with Gasteiger partial charge in [-0.2, -0.15) is 0 Å². The highest BCUT2D eigenvalue weighted by molar-refractivity contribution is 5.85. The number of esters is 1. The van der Waals surface area contributed by atoms with E-state index in [9.17, 15) is 14.7 Å². The van der Waals surface area contributed by atoms with E-state index in [-0.39, 0.29) is 29.1 Å². The SMILES string of the molecule is C=C[C@]1(C)C[C@@H](OC(=O)CC)C2(C)C(C)CCC3(CCC(=O)C32)[C@@H](C)C1O. The van der Waals surface area contributed by atoms with Gasteiger partial charge in [0.1, 0.15) is 11.9 Å². The lowest BCUT2D eigenvalue weighted by Crippen LogP contribution is -2.63. The zero-order valence-electron chi connectivity index (χ0n) is 17.6. The van der Waals surface area contributed by atoms with Gasteiger partial charge in [-0.25, -0.2) is 0 Å². The van der Waals surface area contributed by atoms with Gasteiger partial charge < -0.3 is 9.84 Å². The van der Waals surface area contributed by atoms with Crippen molar-refractivity contribution in [2.45, 2.75) is 85.4 Å². The molecule has 3 aliphatic carbocycles. The molecule has 3 fully saturated rings. The molecule has 0 aromatic rings. The lowest BCUT2D eigenvalue weighted by molar-refractivity contribution is -0.206. The van der Waals surface area contributed by atoms with E-state index in [1.54, 1.807) is 6.92 Å². The molecule has 0 saturated heterocycles. The number of carbonyl (C=O) groups is 2. The molecule has 4 nitrogen and oxygen atoms in total. The quantitative estimate of drug-likeness (QED) is 0.589. The van der Waals surface area contributed by atoms with Crippen molar-refractivity contribution in [3.05, 3.63) is 12.7 Å². The maximum absolute atomic E-state index is 13.2. The van der Waals surface area contributed by atoms with Crippen molar-refractivity contribution in [2.24, 2.45) is 34.0 Å². The summed E-state index contributed by atoms with van der Waals surface area (Å²) in [6.07, 6.45) is 5.02. The molecule has 0 aliphatic heterocycles.